The fraction of sp³-hybridized carbons (Fsp3) is 0. The molecule has 0 bridgehead atoms. The van der Waals surface area contributed by atoms with Crippen LogP contribution < -0.4 is 5.73 Å². The third-order valence-electron chi connectivity index (χ3n) is 2.78. The Morgan fingerprint density at radius 3 is 2.74 bits per heavy atom. The van der Waals surface area contributed by atoms with Crippen molar-refractivity contribution in [2.75, 3.05) is 5.73 Å². The highest BCUT2D eigenvalue weighted by atomic mass is 79.9. The summed E-state index contributed by atoms with van der Waals surface area (Å²) < 4.78 is 0.990. The summed E-state index contributed by atoms with van der Waals surface area (Å²) >= 11 is 3.46. The molecule has 5 nitrogen and oxygen atoms in total. The molecule has 0 aliphatic rings. The Hall–Kier alpha value is -2.21. The molecule has 1 aromatic carbocycles. The summed E-state index contributed by atoms with van der Waals surface area (Å²) in [7, 11) is 0. The Balaban J connectivity index is 2.20. The van der Waals surface area contributed by atoms with Gasteiger partial charge in [-0.15, -0.1) is 0 Å². The van der Waals surface area contributed by atoms with E-state index < -0.39 is 0 Å². The molecule has 6 heteroatoms. The zero-order valence-corrected chi connectivity index (χ0v) is 11.4. The highest BCUT2D eigenvalue weighted by Gasteiger charge is 2.14. The molecule has 19 heavy (non-hydrogen) atoms. The molecule has 3 N–H and O–H groups in total. The van der Waals surface area contributed by atoms with Gasteiger partial charge in [-0.1, -0.05) is 28.1 Å². The van der Waals surface area contributed by atoms with Crippen LogP contribution in [-0.2, 0) is 0 Å². The summed E-state index contributed by atoms with van der Waals surface area (Å²) in [5.74, 6) is 0.463. The lowest BCUT2D eigenvalue weighted by atomic mass is 10.0. The third-order valence-corrected chi connectivity index (χ3v) is 3.27. The number of aromatic nitrogens is 4. The lowest BCUT2D eigenvalue weighted by Crippen LogP contribution is -1.89. The summed E-state index contributed by atoms with van der Waals surface area (Å²) in [6, 6.07) is 9.78. The molecule has 0 amide bonds. The fourth-order valence-corrected chi connectivity index (χ4v) is 2.34. The number of benzene rings is 1. The number of rotatable bonds is 2. The zero-order chi connectivity index (χ0) is 13.2. The van der Waals surface area contributed by atoms with Gasteiger partial charge < -0.3 is 5.73 Å². The standard InChI is InChI=1S/C13H10BrN5/c14-10-3-1-2-8(6-10)11-12(18-19-13(11)15)9-4-5-16-17-7-9/h1-7H,(H3,15,18,19). The second-order valence-electron chi connectivity index (χ2n) is 4.00. The van der Waals surface area contributed by atoms with Crippen molar-refractivity contribution in [3.8, 4) is 22.4 Å². The van der Waals surface area contributed by atoms with Crippen LogP contribution in [0.2, 0.25) is 0 Å². The van der Waals surface area contributed by atoms with Gasteiger partial charge in [-0.25, -0.2) is 0 Å². The number of aromatic amines is 1. The first kappa shape index (κ1) is 11.9. The minimum absolute atomic E-state index is 0.463. The van der Waals surface area contributed by atoms with E-state index in [1.54, 1.807) is 12.4 Å². The molecule has 0 radical (unpaired) electrons. The van der Waals surface area contributed by atoms with Crippen LogP contribution in [0.4, 0.5) is 5.82 Å². The van der Waals surface area contributed by atoms with Gasteiger partial charge in [0.05, 0.1) is 23.7 Å². The number of anilines is 1. The van der Waals surface area contributed by atoms with Gasteiger partial charge >= 0.3 is 0 Å². The first-order chi connectivity index (χ1) is 9.25. The van der Waals surface area contributed by atoms with Gasteiger partial charge in [0, 0.05) is 10.0 Å². The molecule has 0 saturated heterocycles. The van der Waals surface area contributed by atoms with Crippen LogP contribution in [0.15, 0.2) is 47.2 Å². The van der Waals surface area contributed by atoms with E-state index in [4.69, 9.17) is 5.73 Å². The van der Waals surface area contributed by atoms with Crippen molar-refractivity contribution in [1.29, 1.82) is 0 Å². The summed E-state index contributed by atoms with van der Waals surface area (Å²) in [4.78, 5) is 0. The minimum Gasteiger partial charge on any atom is -0.382 e. The van der Waals surface area contributed by atoms with E-state index in [0.29, 0.717) is 5.82 Å². The average molecular weight is 316 g/mol. The SMILES string of the molecule is Nc1n[nH]c(-c2ccnnc2)c1-c1cccc(Br)c1. The maximum Gasteiger partial charge on any atom is 0.153 e. The number of H-pyrrole nitrogens is 1. The number of nitrogen functional groups attached to an aromatic ring is 1. The fourth-order valence-electron chi connectivity index (χ4n) is 1.94. The van der Waals surface area contributed by atoms with E-state index >= 15 is 0 Å². The quantitative estimate of drug-likeness (QED) is 0.762. The van der Waals surface area contributed by atoms with Crippen molar-refractivity contribution in [1.82, 2.24) is 20.4 Å². The van der Waals surface area contributed by atoms with E-state index in [-0.39, 0.29) is 0 Å². The summed E-state index contributed by atoms with van der Waals surface area (Å²) in [5, 5.41) is 14.7. The van der Waals surface area contributed by atoms with Crippen LogP contribution in [0.1, 0.15) is 0 Å². The second-order valence-corrected chi connectivity index (χ2v) is 4.92. The molecule has 0 saturated carbocycles. The Bertz CT molecular complexity index is 708. The summed E-state index contributed by atoms with van der Waals surface area (Å²) in [6.07, 6.45) is 3.31. The molecule has 2 aromatic heterocycles. The molecule has 2 heterocycles. The second kappa shape index (κ2) is 4.81. The molecule has 0 unspecified atom stereocenters. The van der Waals surface area contributed by atoms with E-state index in [2.05, 4.69) is 36.3 Å². The lowest BCUT2D eigenvalue weighted by Gasteiger charge is -2.04. The first-order valence-corrected chi connectivity index (χ1v) is 6.42. The van der Waals surface area contributed by atoms with Crippen molar-refractivity contribution in [3.63, 3.8) is 0 Å². The van der Waals surface area contributed by atoms with Crippen molar-refractivity contribution < 1.29 is 0 Å². The number of nitrogens with zero attached hydrogens (tertiary/aromatic N) is 3. The van der Waals surface area contributed by atoms with Gasteiger partial charge in [-0.2, -0.15) is 15.3 Å². The first-order valence-electron chi connectivity index (χ1n) is 5.62. The smallest absolute Gasteiger partial charge is 0.153 e. The van der Waals surface area contributed by atoms with Gasteiger partial charge in [-0.05, 0) is 23.8 Å². The average Bonchev–Trinajstić information content (AvgIpc) is 2.82. The minimum atomic E-state index is 0.463. The molecule has 0 atom stereocenters. The molecular formula is C13H10BrN5. The van der Waals surface area contributed by atoms with Gasteiger partial charge in [0.15, 0.2) is 5.82 Å². The van der Waals surface area contributed by atoms with Gasteiger partial charge in [0.1, 0.15) is 0 Å². The number of halogens is 1. The zero-order valence-electron chi connectivity index (χ0n) is 9.84. The maximum absolute atomic E-state index is 5.97. The highest BCUT2D eigenvalue weighted by molar-refractivity contribution is 9.10. The predicted octanol–water partition coefficient (Wildman–Crippen LogP) is 2.88. The maximum atomic E-state index is 5.97. The van der Waals surface area contributed by atoms with E-state index in [1.165, 1.54) is 0 Å². The Morgan fingerprint density at radius 1 is 1.11 bits per heavy atom. The third kappa shape index (κ3) is 2.22. The van der Waals surface area contributed by atoms with Crippen molar-refractivity contribution in [2.45, 2.75) is 0 Å². The topological polar surface area (TPSA) is 80.5 Å². The molecule has 3 rings (SSSR count). The molecule has 0 fully saturated rings. The summed E-state index contributed by atoms with van der Waals surface area (Å²) in [5.41, 5.74) is 9.57. The van der Waals surface area contributed by atoms with Crippen LogP contribution in [0.25, 0.3) is 22.4 Å². The highest BCUT2D eigenvalue weighted by Crippen LogP contribution is 2.35. The Labute approximate surface area is 118 Å². The van der Waals surface area contributed by atoms with Crippen molar-refractivity contribution in [3.05, 3.63) is 47.2 Å². The molecule has 0 aliphatic heterocycles. The largest absolute Gasteiger partial charge is 0.382 e. The normalized spacial score (nSPS) is 10.6. The van der Waals surface area contributed by atoms with Crippen LogP contribution in [0, 0.1) is 0 Å². The molecule has 0 aliphatic carbocycles. The predicted molar refractivity (Wildman–Crippen MR) is 77.2 cm³/mol. The van der Waals surface area contributed by atoms with Crippen LogP contribution in [0.5, 0.6) is 0 Å². The van der Waals surface area contributed by atoms with Crippen LogP contribution >= 0.6 is 15.9 Å². The number of hydrogen-bond acceptors (Lipinski definition) is 4. The van der Waals surface area contributed by atoms with E-state index in [9.17, 15) is 0 Å². The molecule has 94 valence electrons. The van der Waals surface area contributed by atoms with Gasteiger partial charge in [0.25, 0.3) is 0 Å². The number of hydrogen-bond donors (Lipinski definition) is 2. The van der Waals surface area contributed by atoms with Crippen molar-refractivity contribution in [2.24, 2.45) is 0 Å². The van der Waals surface area contributed by atoms with E-state index in [0.717, 1.165) is 26.9 Å². The Kier molecular flexibility index (Phi) is 3.00. The summed E-state index contributed by atoms with van der Waals surface area (Å²) in [6.45, 7) is 0. The molecule has 3 aromatic rings. The van der Waals surface area contributed by atoms with Crippen molar-refractivity contribution >= 4 is 21.7 Å². The van der Waals surface area contributed by atoms with Gasteiger partial charge in [-0.3, -0.25) is 5.10 Å². The Morgan fingerprint density at radius 2 is 2.00 bits per heavy atom. The lowest BCUT2D eigenvalue weighted by molar-refractivity contribution is 1.03. The number of nitrogens with one attached hydrogen (secondary N) is 1. The molecule has 0 spiro atoms. The van der Waals surface area contributed by atoms with Gasteiger partial charge in [0.2, 0.25) is 0 Å². The van der Waals surface area contributed by atoms with E-state index in [1.807, 2.05) is 30.3 Å². The number of nitrogens with two attached hydrogens (primary N) is 1. The van der Waals surface area contributed by atoms with Crippen LogP contribution in [-0.4, -0.2) is 20.4 Å². The van der Waals surface area contributed by atoms with Crippen LogP contribution in [0.3, 0.4) is 0 Å². The monoisotopic (exact) mass is 315 g/mol. The molecular weight excluding hydrogens is 306 g/mol.